The smallest absolute Gasteiger partial charge is 0.411 e. The molecule has 0 bridgehead atoms. The van der Waals surface area contributed by atoms with E-state index in [2.05, 4.69) is 59.5 Å². The average Bonchev–Trinajstić information content (AvgIpc) is 3.48. The summed E-state index contributed by atoms with van der Waals surface area (Å²) < 4.78 is 5.93. The van der Waals surface area contributed by atoms with Crippen LogP contribution in [0.15, 0.2) is 97.1 Å². The van der Waals surface area contributed by atoms with Crippen LogP contribution in [0.1, 0.15) is 55.6 Å². The molecule has 2 heterocycles. The first-order valence-corrected chi connectivity index (χ1v) is 18.2. The number of anilines is 1. The summed E-state index contributed by atoms with van der Waals surface area (Å²) in [6.45, 7) is 19.3. The van der Waals surface area contributed by atoms with Gasteiger partial charge in [0.1, 0.15) is 12.8 Å². The molecule has 3 atom stereocenters. The lowest BCUT2D eigenvalue weighted by molar-refractivity contribution is 0.0770. The largest absolute Gasteiger partial charge is 0.444 e. The van der Waals surface area contributed by atoms with Gasteiger partial charge in [-0.05, 0) is 59.7 Å². The number of para-hydroxylation sites is 1. The molecule has 2 aliphatic heterocycles. The normalized spacial score (nSPS) is 20.6. The maximum Gasteiger partial charge on any atom is 0.411 e. The van der Waals surface area contributed by atoms with Crippen molar-refractivity contribution in [3.63, 3.8) is 0 Å². The van der Waals surface area contributed by atoms with Crippen molar-refractivity contribution >= 4 is 25.8 Å². The third kappa shape index (κ3) is 5.10. The molecular formula is C36H44N2O3Si. The van der Waals surface area contributed by atoms with E-state index in [-0.39, 0.29) is 23.5 Å². The Morgan fingerprint density at radius 3 is 2.19 bits per heavy atom. The summed E-state index contributed by atoms with van der Waals surface area (Å²) in [4.78, 5) is 32.0. The molecule has 1 fully saturated rings. The Kier molecular flexibility index (Phi) is 7.97. The van der Waals surface area contributed by atoms with Gasteiger partial charge in [-0.15, -0.1) is 0 Å². The number of hydrogen-bond donors (Lipinski definition) is 0. The number of hydrogen-bond acceptors (Lipinski definition) is 3. The number of likely N-dealkylation sites (tertiary alicyclic amines) is 1. The van der Waals surface area contributed by atoms with Crippen molar-refractivity contribution in [3.8, 4) is 0 Å². The molecular weight excluding hydrogens is 536 g/mol. The number of nitrogens with zero attached hydrogens (tertiary/aromatic N) is 2. The predicted octanol–water partition coefficient (Wildman–Crippen LogP) is 8.65. The molecule has 3 aromatic carbocycles. The minimum Gasteiger partial charge on any atom is -0.444 e. The number of ether oxygens (including phenoxy) is 1. The second-order valence-corrected chi connectivity index (χ2v) is 19.4. The lowest BCUT2D eigenvalue weighted by Gasteiger charge is -2.47. The van der Waals surface area contributed by atoms with Gasteiger partial charge in [0.05, 0.1) is 13.8 Å². The highest BCUT2D eigenvalue weighted by Gasteiger charge is 2.64. The first kappa shape index (κ1) is 29.8. The fourth-order valence-corrected chi connectivity index (χ4v) is 9.12. The quantitative estimate of drug-likeness (QED) is 0.208. The Balaban J connectivity index is 1.64. The summed E-state index contributed by atoms with van der Waals surface area (Å²) in [5, 5.41) is 0.178. The highest BCUT2D eigenvalue weighted by atomic mass is 28.3. The summed E-state index contributed by atoms with van der Waals surface area (Å²) in [7, 11) is -1.81. The van der Waals surface area contributed by atoms with Gasteiger partial charge in [0, 0.05) is 17.5 Å². The molecule has 0 N–H and O–H groups in total. The third-order valence-corrected chi connectivity index (χ3v) is 15.6. The van der Waals surface area contributed by atoms with Crippen LogP contribution >= 0.6 is 0 Å². The Bertz CT molecular complexity index is 1460. The van der Waals surface area contributed by atoms with Crippen LogP contribution in [0.5, 0.6) is 0 Å². The summed E-state index contributed by atoms with van der Waals surface area (Å²) in [6.07, 6.45) is -0.172. The predicted molar refractivity (Wildman–Crippen MR) is 173 cm³/mol. The average molecular weight is 581 g/mol. The number of benzene rings is 3. The van der Waals surface area contributed by atoms with Gasteiger partial charge in [0.2, 0.25) is 0 Å². The SMILES string of the molecule is C=C(C)C(C[Si](C)(C)C(C)(C)C)[C@@]12CCN(C(=O)OCc3ccccc3)[C@@H]1N(C(=O)c1ccccc1)c1ccccc12. The Morgan fingerprint density at radius 2 is 1.57 bits per heavy atom. The van der Waals surface area contributed by atoms with E-state index < -0.39 is 25.7 Å². The molecule has 0 spiro atoms. The van der Waals surface area contributed by atoms with Crippen LogP contribution in [0.2, 0.25) is 24.2 Å². The van der Waals surface area contributed by atoms with Crippen molar-refractivity contribution in [1.29, 1.82) is 0 Å². The van der Waals surface area contributed by atoms with Crippen LogP contribution in [0.25, 0.3) is 0 Å². The maximum atomic E-state index is 14.4. The van der Waals surface area contributed by atoms with Crippen LogP contribution in [0.3, 0.4) is 0 Å². The van der Waals surface area contributed by atoms with Crippen LogP contribution in [0, 0.1) is 5.92 Å². The van der Waals surface area contributed by atoms with Gasteiger partial charge >= 0.3 is 6.09 Å². The Hall–Kier alpha value is -3.64. The van der Waals surface area contributed by atoms with E-state index in [1.54, 1.807) is 0 Å². The van der Waals surface area contributed by atoms with Gasteiger partial charge in [0.25, 0.3) is 5.91 Å². The molecule has 0 radical (unpaired) electrons. The monoisotopic (exact) mass is 580 g/mol. The van der Waals surface area contributed by atoms with Crippen molar-refractivity contribution in [3.05, 3.63) is 114 Å². The standard InChI is InChI=1S/C36H44N2O3Si/c1-26(2)30(25-42(6,7)35(3,4)5)36-22-23-37(34(40)41-24-27-16-10-8-11-17-27)33(36)38(31-21-15-14-20-29(31)36)32(39)28-18-12-9-13-19-28/h8-21,30,33H,1,22-25H2,2-7H3/t30?,33-,36+/m1/s1. The van der Waals surface area contributed by atoms with Gasteiger partial charge < -0.3 is 4.74 Å². The number of carbonyl (C=O) groups excluding carboxylic acids is 2. The molecule has 3 aromatic rings. The van der Waals surface area contributed by atoms with Crippen LogP contribution in [-0.4, -0.2) is 37.7 Å². The molecule has 0 saturated carbocycles. The van der Waals surface area contributed by atoms with Gasteiger partial charge in [-0.25, -0.2) is 4.79 Å². The second-order valence-electron chi connectivity index (χ2n) is 13.7. The molecule has 0 aromatic heterocycles. The fraction of sp³-hybridized carbons (Fsp3) is 0.389. The molecule has 6 heteroatoms. The molecule has 1 saturated heterocycles. The highest BCUT2D eigenvalue weighted by Crippen LogP contribution is 2.60. The molecule has 42 heavy (non-hydrogen) atoms. The zero-order valence-corrected chi connectivity index (χ0v) is 26.9. The van der Waals surface area contributed by atoms with E-state index in [9.17, 15) is 9.59 Å². The fourth-order valence-electron chi connectivity index (χ4n) is 6.78. The Morgan fingerprint density at radius 1 is 0.976 bits per heavy atom. The first-order chi connectivity index (χ1) is 19.9. The van der Waals surface area contributed by atoms with Gasteiger partial charge in [-0.2, -0.15) is 0 Å². The van der Waals surface area contributed by atoms with Crippen molar-refractivity contribution in [2.24, 2.45) is 5.92 Å². The van der Waals surface area contributed by atoms with Crippen LogP contribution in [0.4, 0.5) is 10.5 Å². The molecule has 1 unspecified atom stereocenters. The summed E-state index contributed by atoms with van der Waals surface area (Å²) >= 11 is 0. The molecule has 2 aliphatic rings. The minimum atomic E-state index is -1.81. The van der Waals surface area contributed by atoms with Crippen LogP contribution < -0.4 is 4.90 Å². The third-order valence-electron chi connectivity index (χ3n) is 10.1. The molecule has 220 valence electrons. The van der Waals surface area contributed by atoms with E-state index in [0.717, 1.165) is 34.9 Å². The lowest BCUT2D eigenvalue weighted by Crippen LogP contribution is -2.57. The van der Waals surface area contributed by atoms with E-state index in [1.807, 2.05) is 82.6 Å². The van der Waals surface area contributed by atoms with Crippen LogP contribution in [-0.2, 0) is 16.8 Å². The van der Waals surface area contributed by atoms with Crippen molar-refractivity contribution in [2.45, 2.75) is 76.5 Å². The van der Waals surface area contributed by atoms with Gasteiger partial charge in [-0.1, -0.05) is 113 Å². The van der Waals surface area contributed by atoms with Gasteiger partial charge in [0.15, 0.2) is 0 Å². The Labute approximate surface area is 252 Å². The highest BCUT2D eigenvalue weighted by molar-refractivity contribution is 6.80. The molecule has 2 amide bonds. The van der Waals surface area contributed by atoms with Crippen molar-refractivity contribution in [1.82, 2.24) is 4.90 Å². The second kappa shape index (κ2) is 11.2. The minimum absolute atomic E-state index is 0.0880. The maximum absolute atomic E-state index is 14.4. The number of carbonyl (C=O) groups is 2. The summed E-state index contributed by atoms with van der Waals surface area (Å²) in [5.41, 5.74) is 4.15. The lowest BCUT2D eigenvalue weighted by atomic mass is 9.67. The van der Waals surface area contributed by atoms with Gasteiger partial charge in [-0.3, -0.25) is 14.6 Å². The number of rotatable bonds is 7. The molecule has 5 nitrogen and oxygen atoms in total. The van der Waals surface area contributed by atoms with E-state index in [0.29, 0.717) is 12.1 Å². The number of allylic oxidation sites excluding steroid dienone is 1. The van der Waals surface area contributed by atoms with Crippen molar-refractivity contribution in [2.75, 3.05) is 11.4 Å². The van der Waals surface area contributed by atoms with E-state index in [4.69, 9.17) is 4.74 Å². The van der Waals surface area contributed by atoms with E-state index in [1.165, 1.54) is 0 Å². The molecule has 0 aliphatic carbocycles. The van der Waals surface area contributed by atoms with Crippen molar-refractivity contribution < 1.29 is 14.3 Å². The topological polar surface area (TPSA) is 49.9 Å². The van der Waals surface area contributed by atoms with E-state index >= 15 is 0 Å². The first-order valence-electron chi connectivity index (χ1n) is 15.0. The number of amides is 2. The summed E-state index contributed by atoms with van der Waals surface area (Å²) in [6, 6.07) is 28.4. The molecule has 5 rings (SSSR count). The zero-order valence-electron chi connectivity index (χ0n) is 25.9. The zero-order chi connectivity index (χ0) is 30.3. The number of fused-ring (bicyclic) bond motifs is 3. The summed E-state index contributed by atoms with van der Waals surface area (Å²) in [5.74, 6) is -0.0180.